The van der Waals surface area contributed by atoms with E-state index >= 15 is 0 Å². The number of ether oxygens (including phenoxy) is 2. The molecule has 0 fully saturated rings. The van der Waals surface area contributed by atoms with Gasteiger partial charge in [-0.2, -0.15) is 0 Å². The number of carbonyl (C=O) groups is 1. The molecular formula is C35H38CoO6. The molecule has 0 aromatic heterocycles. The van der Waals surface area contributed by atoms with Crippen LogP contribution >= 0.6 is 0 Å². The third-order valence-electron chi connectivity index (χ3n) is 7.74. The standard InChI is InChI=1S/C19H22O4.C16H17O.Co.O/c1-14(21)23-18-10-6-16(7-11-18)19(2,12-3-13-20)15-4-8-17(22)9-5-15;1-16(2,13-7-5-4-6-8-13)14-9-11-15(17-3)12-10-14;;/h4-11,20,22H,3,12-13H2,1-2H3;5-12H,1-3H3;;/q;;+1;/p-1. The fourth-order valence-electron chi connectivity index (χ4n) is 5.05. The third-order valence-corrected chi connectivity index (χ3v) is 9.02. The van der Waals surface area contributed by atoms with Gasteiger partial charge in [0.15, 0.2) is 0 Å². The Balaban J connectivity index is 1.48. The molecule has 0 aliphatic heterocycles. The number of hydrogen-bond donors (Lipinski definition) is 1. The van der Waals surface area contributed by atoms with Gasteiger partial charge in [0.1, 0.15) is 0 Å². The Morgan fingerprint density at radius 3 is 1.64 bits per heavy atom. The molecule has 0 aliphatic rings. The van der Waals surface area contributed by atoms with Crippen molar-refractivity contribution < 1.29 is 41.0 Å². The van der Waals surface area contributed by atoms with Crippen molar-refractivity contribution in [2.24, 2.45) is 0 Å². The van der Waals surface area contributed by atoms with Crippen LogP contribution in [0.15, 0.2) is 97.1 Å². The second-order valence-electron chi connectivity index (χ2n) is 10.9. The van der Waals surface area contributed by atoms with Crippen LogP contribution in [-0.2, 0) is 33.4 Å². The Bertz CT molecular complexity index is 1490. The van der Waals surface area contributed by atoms with Crippen LogP contribution < -0.4 is 17.8 Å². The molecule has 1 N–H and O–H groups in total. The molecule has 0 radical (unpaired) electrons. The van der Waals surface area contributed by atoms with Gasteiger partial charge in [-0.15, -0.1) is 0 Å². The molecule has 6 nitrogen and oxygen atoms in total. The summed E-state index contributed by atoms with van der Waals surface area (Å²) < 4.78 is 30.0. The second kappa shape index (κ2) is 13.5. The van der Waals surface area contributed by atoms with Crippen LogP contribution in [0, 0.1) is 0 Å². The fourth-order valence-corrected chi connectivity index (χ4v) is 5.99. The summed E-state index contributed by atoms with van der Waals surface area (Å²) in [6, 6.07) is 30.8. The first kappa shape index (κ1) is 31.2. The van der Waals surface area contributed by atoms with Crippen LogP contribution in [-0.4, -0.2) is 24.8 Å². The molecular weight excluding hydrogens is 575 g/mol. The Hall–Kier alpha value is -3.78. The van der Waals surface area contributed by atoms with E-state index in [-0.39, 0.29) is 18.0 Å². The first-order valence-electron chi connectivity index (χ1n) is 13.8. The molecule has 1 unspecified atom stereocenters. The summed E-state index contributed by atoms with van der Waals surface area (Å²) >= 11 is -2.08. The molecule has 4 aromatic rings. The second-order valence-corrected chi connectivity index (χ2v) is 12.3. The van der Waals surface area contributed by atoms with Crippen molar-refractivity contribution >= 4 is 10.5 Å². The van der Waals surface area contributed by atoms with Gasteiger partial charge in [0.05, 0.1) is 0 Å². The first-order chi connectivity index (χ1) is 20.1. The van der Waals surface area contributed by atoms with Gasteiger partial charge < -0.3 is 0 Å². The Morgan fingerprint density at radius 1 is 0.714 bits per heavy atom. The van der Waals surface area contributed by atoms with E-state index in [1.165, 1.54) is 6.92 Å². The monoisotopic (exact) mass is 613 g/mol. The molecule has 0 saturated carbocycles. The molecule has 0 heterocycles. The molecule has 42 heavy (non-hydrogen) atoms. The van der Waals surface area contributed by atoms with Crippen LogP contribution in [0.5, 0.6) is 17.2 Å². The van der Waals surface area contributed by atoms with Gasteiger partial charge in [-0.05, 0) is 0 Å². The van der Waals surface area contributed by atoms with Crippen molar-refractivity contribution in [3.63, 3.8) is 0 Å². The topological polar surface area (TPSA) is 82.1 Å². The van der Waals surface area contributed by atoms with Crippen molar-refractivity contribution in [1.29, 1.82) is 0 Å². The maximum absolute atomic E-state index is 13.1. The van der Waals surface area contributed by atoms with Crippen molar-refractivity contribution in [3.05, 3.63) is 119 Å². The number of hydrogen-bond acceptors (Lipinski definition) is 6. The number of rotatable bonds is 12. The molecule has 0 bridgehead atoms. The zero-order valence-corrected chi connectivity index (χ0v) is 25.7. The van der Waals surface area contributed by atoms with Crippen LogP contribution in [0.1, 0.15) is 62.8 Å². The van der Waals surface area contributed by atoms with Crippen molar-refractivity contribution in [2.75, 3.05) is 13.7 Å². The zero-order chi connectivity index (χ0) is 30.3. The van der Waals surface area contributed by atoms with E-state index in [0.717, 1.165) is 28.0 Å². The molecule has 4 rings (SSSR count). The molecule has 1 atom stereocenters. The van der Waals surface area contributed by atoms with Crippen molar-refractivity contribution in [3.8, 4) is 17.2 Å². The van der Waals surface area contributed by atoms with Gasteiger partial charge in [-0.1, -0.05) is 0 Å². The number of aliphatic hydroxyl groups excluding tert-OH is 1. The third kappa shape index (κ3) is 7.16. The van der Waals surface area contributed by atoms with E-state index in [1.807, 2.05) is 72.8 Å². The average molecular weight is 614 g/mol. The van der Waals surface area contributed by atoms with Gasteiger partial charge in [-0.25, -0.2) is 0 Å². The summed E-state index contributed by atoms with van der Waals surface area (Å²) in [5.41, 5.74) is 3.68. The number of benzene rings is 4. The predicted octanol–water partition coefficient (Wildman–Crippen LogP) is 6.61. The number of carbonyl (C=O) groups excluding carboxylic acids is 1. The Labute approximate surface area is 252 Å². The van der Waals surface area contributed by atoms with Gasteiger partial charge in [-0.3, -0.25) is 4.79 Å². The van der Waals surface area contributed by atoms with E-state index in [2.05, 4.69) is 32.9 Å². The van der Waals surface area contributed by atoms with Crippen LogP contribution in [0.3, 0.4) is 0 Å². The summed E-state index contributed by atoms with van der Waals surface area (Å²) in [4.78, 5) is 11.3. The predicted molar refractivity (Wildman–Crippen MR) is 159 cm³/mol. The van der Waals surface area contributed by atoms with Crippen LogP contribution in [0.2, 0.25) is 0 Å². The molecule has 0 spiro atoms. The average Bonchev–Trinajstić information content (AvgIpc) is 3.00. The van der Waals surface area contributed by atoms with Crippen LogP contribution in [0.25, 0.3) is 0 Å². The van der Waals surface area contributed by atoms with E-state index in [1.54, 1.807) is 19.2 Å². The Kier molecular flexibility index (Phi) is 9.99. The maximum atomic E-state index is 13.1. The SMILES string of the molecule is COc1ccc(C(C)(C)c2cc[c]([Co](=[O])[O]c3ccc(C(C)(CCCO)c4ccc(OC(C)=O)cc4)cc3)cc2)cc1. The summed E-state index contributed by atoms with van der Waals surface area (Å²) in [5, 5.41) is 9.54. The van der Waals surface area contributed by atoms with Crippen molar-refractivity contribution in [1.82, 2.24) is 0 Å². The fraction of sp³-hybridized carbons (Fsp3) is 0.286. The van der Waals surface area contributed by atoms with E-state index in [4.69, 9.17) is 13.3 Å². The zero-order valence-electron chi connectivity index (χ0n) is 24.7. The van der Waals surface area contributed by atoms with E-state index in [9.17, 15) is 13.8 Å². The Morgan fingerprint density at radius 2 is 1.17 bits per heavy atom. The van der Waals surface area contributed by atoms with Gasteiger partial charge in [0, 0.05) is 6.92 Å². The van der Waals surface area contributed by atoms with Gasteiger partial charge >= 0.3 is 241 Å². The molecule has 0 saturated heterocycles. The molecule has 0 aliphatic carbocycles. The first-order valence-corrected chi connectivity index (χ1v) is 15.2. The van der Waals surface area contributed by atoms with Gasteiger partial charge in [0.2, 0.25) is 0 Å². The summed E-state index contributed by atoms with van der Waals surface area (Å²) in [6.45, 7) is 7.89. The summed E-state index contributed by atoms with van der Waals surface area (Å²) in [6.07, 6.45) is 1.33. The van der Waals surface area contributed by atoms with E-state index < -0.39 is 19.3 Å². The van der Waals surface area contributed by atoms with Crippen molar-refractivity contribution in [2.45, 2.75) is 51.4 Å². The summed E-state index contributed by atoms with van der Waals surface area (Å²) in [7, 11) is 1.65. The minimum absolute atomic E-state index is 0.0821. The molecule has 7 heteroatoms. The molecule has 223 valence electrons. The number of esters is 1. The summed E-state index contributed by atoms with van der Waals surface area (Å²) in [5.74, 6) is 1.45. The molecule has 0 amide bonds. The normalized spacial score (nSPS) is 13.1. The number of aliphatic hydroxyl groups is 1. The molecule has 4 aromatic carbocycles. The minimum atomic E-state index is -2.08. The number of methoxy groups -OCH3 is 1. The quantitative estimate of drug-likeness (QED) is 0.143. The van der Waals surface area contributed by atoms with Gasteiger partial charge in [0.25, 0.3) is 0 Å². The van der Waals surface area contributed by atoms with E-state index in [0.29, 0.717) is 28.8 Å². The van der Waals surface area contributed by atoms with Crippen LogP contribution in [0.4, 0.5) is 0 Å².